The highest BCUT2D eigenvalue weighted by Crippen LogP contribution is 2.33. The second kappa shape index (κ2) is 6.02. The predicted octanol–water partition coefficient (Wildman–Crippen LogP) is 1.98. The minimum atomic E-state index is -3.59. The van der Waals surface area contributed by atoms with Crippen LogP contribution >= 0.6 is 0 Å². The van der Waals surface area contributed by atoms with Gasteiger partial charge >= 0.3 is 0 Å². The largest absolute Gasteiger partial charge is 0.317 e. The molecule has 2 heterocycles. The summed E-state index contributed by atoms with van der Waals surface area (Å²) >= 11 is 0. The highest BCUT2D eigenvalue weighted by Gasteiger charge is 2.39. The third-order valence-corrected chi connectivity index (χ3v) is 6.50. The maximum absolute atomic E-state index is 13.3. The SMILES string of the molecule is O=S(=O)(c1cccc(F)c1)N1CCCC1C1CCNCC1. The van der Waals surface area contributed by atoms with E-state index in [2.05, 4.69) is 5.32 Å². The van der Waals surface area contributed by atoms with Crippen molar-refractivity contribution in [3.05, 3.63) is 30.1 Å². The van der Waals surface area contributed by atoms with Gasteiger partial charge < -0.3 is 5.32 Å². The van der Waals surface area contributed by atoms with Crippen LogP contribution in [0.25, 0.3) is 0 Å². The van der Waals surface area contributed by atoms with Gasteiger partial charge in [-0.1, -0.05) is 6.07 Å². The van der Waals surface area contributed by atoms with Crippen LogP contribution in [0.2, 0.25) is 0 Å². The summed E-state index contributed by atoms with van der Waals surface area (Å²) in [6, 6.07) is 5.40. The molecule has 0 aliphatic carbocycles. The van der Waals surface area contributed by atoms with Crippen molar-refractivity contribution < 1.29 is 12.8 Å². The molecule has 0 amide bonds. The van der Waals surface area contributed by atoms with E-state index in [1.54, 1.807) is 4.31 Å². The Morgan fingerprint density at radius 3 is 2.67 bits per heavy atom. The smallest absolute Gasteiger partial charge is 0.243 e. The topological polar surface area (TPSA) is 49.4 Å². The van der Waals surface area contributed by atoms with Crippen molar-refractivity contribution in [2.75, 3.05) is 19.6 Å². The van der Waals surface area contributed by atoms with Crippen LogP contribution in [-0.4, -0.2) is 38.4 Å². The molecule has 116 valence electrons. The van der Waals surface area contributed by atoms with E-state index in [0.717, 1.165) is 44.8 Å². The Balaban J connectivity index is 1.86. The van der Waals surface area contributed by atoms with Crippen molar-refractivity contribution in [3.8, 4) is 0 Å². The molecule has 2 aliphatic heterocycles. The molecular weight excluding hydrogens is 291 g/mol. The van der Waals surface area contributed by atoms with E-state index in [0.29, 0.717) is 12.5 Å². The summed E-state index contributed by atoms with van der Waals surface area (Å²) in [5.74, 6) is -0.0919. The lowest BCUT2D eigenvalue weighted by atomic mass is 9.89. The molecule has 0 saturated carbocycles. The molecule has 2 aliphatic rings. The van der Waals surface area contributed by atoms with E-state index in [-0.39, 0.29) is 10.9 Å². The van der Waals surface area contributed by atoms with E-state index in [9.17, 15) is 12.8 Å². The zero-order valence-corrected chi connectivity index (χ0v) is 12.8. The van der Waals surface area contributed by atoms with Gasteiger partial charge in [0.15, 0.2) is 0 Å². The van der Waals surface area contributed by atoms with Crippen LogP contribution in [0, 0.1) is 11.7 Å². The lowest BCUT2D eigenvalue weighted by Gasteiger charge is -2.33. The molecule has 1 aromatic carbocycles. The van der Waals surface area contributed by atoms with Gasteiger partial charge in [-0.15, -0.1) is 0 Å². The highest BCUT2D eigenvalue weighted by molar-refractivity contribution is 7.89. The first-order valence-corrected chi connectivity index (χ1v) is 9.01. The Kier molecular flexibility index (Phi) is 4.28. The number of benzene rings is 1. The number of hydrogen-bond donors (Lipinski definition) is 1. The van der Waals surface area contributed by atoms with Crippen molar-refractivity contribution in [1.82, 2.24) is 9.62 Å². The fraction of sp³-hybridized carbons (Fsp3) is 0.600. The lowest BCUT2D eigenvalue weighted by Crippen LogP contribution is -2.43. The molecule has 1 unspecified atom stereocenters. The summed E-state index contributed by atoms with van der Waals surface area (Å²) in [6.45, 7) is 2.46. The second-order valence-corrected chi connectivity index (χ2v) is 7.76. The normalized spacial score (nSPS) is 25.3. The van der Waals surface area contributed by atoms with E-state index >= 15 is 0 Å². The Labute approximate surface area is 125 Å². The first-order chi connectivity index (χ1) is 10.1. The molecule has 21 heavy (non-hydrogen) atoms. The molecule has 4 nitrogen and oxygen atoms in total. The molecule has 1 N–H and O–H groups in total. The van der Waals surface area contributed by atoms with Crippen molar-refractivity contribution in [1.29, 1.82) is 0 Å². The minimum absolute atomic E-state index is 0.0698. The fourth-order valence-electron chi connectivity index (χ4n) is 3.53. The van der Waals surface area contributed by atoms with Gasteiger partial charge in [-0.05, 0) is 62.9 Å². The Morgan fingerprint density at radius 1 is 1.19 bits per heavy atom. The monoisotopic (exact) mass is 312 g/mol. The molecule has 0 bridgehead atoms. The molecule has 6 heteroatoms. The number of nitrogens with one attached hydrogen (secondary N) is 1. The Hall–Kier alpha value is -0.980. The van der Waals surface area contributed by atoms with Gasteiger partial charge in [-0.25, -0.2) is 12.8 Å². The molecule has 2 saturated heterocycles. The van der Waals surface area contributed by atoms with Crippen LogP contribution in [0.4, 0.5) is 4.39 Å². The van der Waals surface area contributed by atoms with Gasteiger partial charge in [-0.2, -0.15) is 4.31 Å². The minimum Gasteiger partial charge on any atom is -0.317 e. The van der Waals surface area contributed by atoms with Crippen molar-refractivity contribution in [3.63, 3.8) is 0 Å². The van der Waals surface area contributed by atoms with Gasteiger partial charge in [0, 0.05) is 12.6 Å². The lowest BCUT2D eigenvalue weighted by molar-refractivity contribution is 0.235. The average molecular weight is 312 g/mol. The number of hydrogen-bond acceptors (Lipinski definition) is 3. The molecule has 1 aromatic rings. The summed E-state index contributed by atoms with van der Waals surface area (Å²) in [5.41, 5.74) is 0. The molecule has 0 aromatic heterocycles. The number of rotatable bonds is 3. The van der Waals surface area contributed by atoms with E-state index < -0.39 is 15.8 Å². The molecule has 0 spiro atoms. The number of halogens is 1. The van der Waals surface area contributed by atoms with Crippen molar-refractivity contribution in [2.24, 2.45) is 5.92 Å². The average Bonchev–Trinajstić information content (AvgIpc) is 2.98. The third kappa shape index (κ3) is 2.98. The predicted molar refractivity (Wildman–Crippen MR) is 78.9 cm³/mol. The van der Waals surface area contributed by atoms with E-state index in [1.807, 2.05) is 0 Å². The van der Waals surface area contributed by atoms with Crippen LogP contribution < -0.4 is 5.32 Å². The summed E-state index contributed by atoms with van der Waals surface area (Å²) < 4.78 is 40.5. The fourth-order valence-corrected chi connectivity index (χ4v) is 5.31. The molecular formula is C15H21FN2O2S. The Morgan fingerprint density at radius 2 is 1.95 bits per heavy atom. The third-order valence-electron chi connectivity index (χ3n) is 4.58. The number of piperidine rings is 1. The van der Waals surface area contributed by atoms with Crippen LogP contribution in [0.1, 0.15) is 25.7 Å². The molecule has 0 radical (unpaired) electrons. The summed E-state index contributed by atoms with van der Waals surface area (Å²) in [5, 5.41) is 3.31. The van der Waals surface area contributed by atoms with Crippen molar-refractivity contribution in [2.45, 2.75) is 36.6 Å². The zero-order chi connectivity index (χ0) is 14.9. The molecule has 2 fully saturated rings. The van der Waals surface area contributed by atoms with Crippen molar-refractivity contribution >= 4 is 10.0 Å². The standard InChI is InChI=1S/C15H21FN2O2S/c16-13-3-1-4-14(11-13)21(19,20)18-10-2-5-15(18)12-6-8-17-9-7-12/h1,3-4,11-12,15,17H,2,5-10H2. The van der Waals surface area contributed by atoms with Gasteiger partial charge in [0.25, 0.3) is 0 Å². The quantitative estimate of drug-likeness (QED) is 0.928. The van der Waals surface area contributed by atoms with E-state index in [4.69, 9.17) is 0 Å². The first-order valence-electron chi connectivity index (χ1n) is 7.57. The van der Waals surface area contributed by atoms with Gasteiger partial charge in [0.05, 0.1) is 4.90 Å². The highest BCUT2D eigenvalue weighted by atomic mass is 32.2. The number of nitrogens with zero attached hydrogens (tertiary/aromatic N) is 1. The summed E-state index contributed by atoms with van der Waals surface area (Å²) in [7, 11) is -3.59. The summed E-state index contributed by atoms with van der Waals surface area (Å²) in [4.78, 5) is 0.0725. The van der Waals surface area contributed by atoms with Gasteiger partial charge in [0.2, 0.25) is 10.0 Å². The first kappa shape index (κ1) is 14.9. The van der Waals surface area contributed by atoms with Crippen LogP contribution in [0.15, 0.2) is 29.2 Å². The summed E-state index contributed by atoms with van der Waals surface area (Å²) in [6.07, 6.45) is 3.84. The van der Waals surface area contributed by atoms with E-state index in [1.165, 1.54) is 18.2 Å². The number of sulfonamides is 1. The molecule has 1 atom stereocenters. The van der Waals surface area contributed by atoms with Crippen LogP contribution in [0.5, 0.6) is 0 Å². The Bertz CT molecular complexity index is 599. The maximum atomic E-state index is 13.3. The van der Waals surface area contributed by atoms with Crippen LogP contribution in [0.3, 0.4) is 0 Å². The van der Waals surface area contributed by atoms with Gasteiger partial charge in [-0.3, -0.25) is 0 Å². The van der Waals surface area contributed by atoms with Crippen LogP contribution in [-0.2, 0) is 10.0 Å². The second-order valence-electron chi connectivity index (χ2n) is 5.87. The zero-order valence-electron chi connectivity index (χ0n) is 12.0. The molecule has 3 rings (SSSR count). The maximum Gasteiger partial charge on any atom is 0.243 e. The van der Waals surface area contributed by atoms with Gasteiger partial charge in [0.1, 0.15) is 5.82 Å².